The van der Waals surface area contributed by atoms with Crippen molar-refractivity contribution in [3.63, 3.8) is 0 Å². The van der Waals surface area contributed by atoms with E-state index in [1.54, 1.807) is 0 Å². The lowest BCUT2D eigenvalue weighted by Crippen LogP contribution is -2.34. The summed E-state index contributed by atoms with van der Waals surface area (Å²) < 4.78 is 5.71. The van der Waals surface area contributed by atoms with Gasteiger partial charge in [-0.15, -0.1) is 11.6 Å². The lowest BCUT2D eigenvalue weighted by atomic mass is 9.84. The minimum absolute atomic E-state index is 0.372. The molecule has 4 heteroatoms. The SMILES string of the molecule is CN(CC1CC(Cl)C1)c1nc2ccccc2o1. The maximum atomic E-state index is 5.98. The molecule has 0 spiro atoms. The molecule has 1 aromatic heterocycles. The Morgan fingerprint density at radius 2 is 2.18 bits per heavy atom. The third-order valence-corrected chi connectivity index (χ3v) is 3.68. The molecule has 0 radical (unpaired) electrons. The fraction of sp³-hybridized carbons (Fsp3) is 0.462. The highest BCUT2D eigenvalue weighted by molar-refractivity contribution is 6.21. The summed E-state index contributed by atoms with van der Waals surface area (Å²) in [5, 5.41) is 0.372. The number of halogens is 1. The molecule has 0 aliphatic heterocycles. The van der Waals surface area contributed by atoms with E-state index in [-0.39, 0.29) is 0 Å². The summed E-state index contributed by atoms with van der Waals surface area (Å²) in [5.41, 5.74) is 1.76. The van der Waals surface area contributed by atoms with Crippen LogP contribution < -0.4 is 4.90 Å². The molecular weight excluding hydrogens is 236 g/mol. The number of para-hydroxylation sites is 2. The van der Waals surface area contributed by atoms with Crippen molar-refractivity contribution in [2.24, 2.45) is 5.92 Å². The molecule has 17 heavy (non-hydrogen) atoms. The fourth-order valence-corrected chi connectivity index (χ4v) is 2.80. The minimum Gasteiger partial charge on any atom is -0.423 e. The zero-order valence-electron chi connectivity index (χ0n) is 9.77. The van der Waals surface area contributed by atoms with E-state index < -0.39 is 0 Å². The third kappa shape index (κ3) is 2.12. The standard InChI is InChI=1S/C13H15ClN2O/c1-16(8-9-6-10(14)7-9)13-15-11-4-2-3-5-12(11)17-13/h2-5,9-10H,6-8H2,1H3. The Morgan fingerprint density at radius 1 is 1.41 bits per heavy atom. The second-order valence-corrected chi connectivity index (χ2v) is 5.40. The molecule has 1 aromatic carbocycles. The zero-order valence-corrected chi connectivity index (χ0v) is 10.5. The van der Waals surface area contributed by atoms with Gasteiger partial charge in [0.25, 0.3) is 6.01 Å². The number of hydrogen-bond donors (Lipinski definition) is 0. The van der Waals surface area contributed by atoms with E-state index in [4.69, 9.17) is 16.0 Å². The number of rotatable bonds is 3. The normalized spacial score (nSPS) is 23.6. The first kappa shape index (κ1) is 10.9. The number of fused-ring (bicyclic) bond motifs is 1. The molecule has 0 atom stereocenters. The molecule has 1 aliphatic rings. The monoisotopic (exact) mass is 250 g/mol. The zero-order chi connectivity index (χ0) is 11.8. The Bertz CT molecular complexity index is 486. The summed E-state index contributed by atoms with van der Waals surface area (Å²) in [4.78, 5) is 6.55. The van der Waals surface area contributed by atoms with Gasteiger partial charge in [-0.1, -0.05) is 12.1 Å². The van der Waals surface area contributed by atoms with Crippen molar-refractivity contribution < 1.29 is 4.42 Å². The lowest BCUT2D eigenvalue weighted by Gasteiger charge is -2.33. The van der Waals surface area contributed by atoms with Crippen LogP contribution in [0.2, 0.25) is 0 Å². The van der Waals surface area contributed by atoms with E-state index in [9.17, 15) is 0 Å². The Kier molecular flexibility index (Phi) is 2.71. The second kappa shape index (κ2) is 4.22. The molecular formula is C13H15ClN2O. The van der Waals surface area contributed by atoms with Crippen molar-refractivity contribution >= 4 is 28.7 Å². The van der Waals surface area contributed by atoms with Crippen molar-refractivity contribution in [2.45, 2.75) is 18.2 Å². The van der Waals surface area contributed by atoms with Gasteiger partial charge in [0.1, 0.15) is 5.52 Å². The summed E-state index contributed by atoms with van der Waals surface area (Å²) in [7, 11) is 2.02. The van der Waals surface area contributed by atoms with Gasteiger partial charge in [0.05, 0.1) is 0 Å². The highest BCUT2D eigenvalue weighted by atomic mass is 35.5. The van der Waals surface area contributed by atoms with Crippen LogP contribution in [0.15, 0.2) is 28.7 Å². The van der Waals surface area contributed by atoms with Gasteiger partial charge < -0.3 is 9.32 Å². The predicted octanol–water partition coefficient (Wildman–Crippen LogP) is 3.28. The summed E-state index contributed by atoms with van der Waals surface area (Å²) in [6, 6.07) is 8.54. The average molecular weight is 251 g/mol. The number of oxazole rings is 1. The molecule has 1 fully saturated rings. The lowest BCUT2D eigenvalue weighted by molar-refractivity contribution is 0.324. The van der Waals surface area contributed by atoms with E-state index >= 15 is 0 Å². The summed E-state index contributed by atoms with van der Waals surface area (Å²) >= 11 is 5.98. The molecule has 0 unspecified atom stereocenters. The van der Waals surface area contributed by atoms with E-state index in [0.717, 1.165) is 30.5 Å². The van der Waals surface area contributed by atoms with Crippen molar-refractivity contribution in [1.82, 2.24) is 4.98 Å². The Morgan fingerprint density at radius 3 is 2.88 bits per heavy atom. The third-order valence-electron chi connectivity index (χ3n) is 3.32. The molecule has 1 saturated carbocycles. The van der Waals surface area contributed by atoms with Crippen LogP contribution in [0.1, 0.15) is 12.8 Å². The summed E-state index contributed by atoms with van der Waals surface area (Å²) in [6.07, 6.45) is 2.21. The highest BCUT2D eigenvalue weighted by Crippen LogP contribution is 2.33. The predicted molar refractivity (Wildman–Crippen MR) is 69.6 cm³/mol. The van der Waals surface area contributed by atoms with Crippen LogP contribution in [0.25, 0.3) is 11.1 Å². The molecule has 3 nitrogen and oxygen atoms in total. The maximum absolute atomic E-state index is 5.98. The van der Waals surface area contributed by atoms with Crippen LogP contribution in [-0.4, -0.2) is 24.0 Å². The van der Waals surface area contributed by atoms with Crippen molar-refractivity contribution in [2.75, 3.05) is 18.5 Å². The van der Waals surface area contributed by atoms with Crippen molar-refractivity contribution in [1.29, 1.82) is 0 Å². The quantitative estimate of drug-likeness (QED) is 0.783. The van der Waals surface area contributed by atoms with Gasteiger partial charge in [0.15, 0.2) is 5.58 Å². The smallest absolute Gasteiger partial charge is 0.298 e. The molecule has 90 valence electrons. The van der Waals surface area contributed by atoms with Crippen LogP contribution in [0.3, 0.4) is 0 Å². The van der Waals surface area contributed by atoms with Gasteiger partial charge in [0.2, 0.25) is 0 Å². The summed E-state index contributed by atoms with van der Waals surface area (Å²) in [5.74, 6) is 0.678. The number of nitrogens with zero attached hydrogens (tertiary/aromatic N) is 2. The molecule has 1 heterocycles. The number of aromatic nitrogens is 1. The second-order valence-electron chi connectivity index (χ2n) is 4.78. The molecule has 1 aliphatic carbocycles. The molecule has 0 saturated heterocycles. The first-order valence-corrected chi connectivity index (χ1v) is 6.37. The van der Waals surface area contributed by atoms with Crippen LogP contribution in [0.4, 0.5) is 6.01 Å². The van der Waals surface area contributed by atoms with Gasteiger partial charge in [-0.25, -0.2) is 0 Å². The largest absolute Gasteiger partial charge is 0.423 e. The van der Waals surface area contributed by atoms with Gasteiger partial charge in [-0.3, -0.25) is 0 Å². The molecule has 2 aromatic rings. The summed E-state index contributed by atoms with van der Waals surface area (Å²) in [6.45, 7) is 0.968. The number of anilines is 1. The number of hydrogen-bond acceptors (Lipinski definition) is 3. The first-order valence-electron chi connectivity index (χ1n) is 5.93. The van der Waals surface area contributed by atoms with Crippen LogP contribution in [0.5, 0.6) is 0 Å². The van der Waals surface area contributed by atoms with Crippen LogP contribution >= 0.6 is 11.6 Å². The topological polar surface area (TPSA) is 29.3 Å². The van der Waals surface area contributed by atoms with Crippen molar-refractivity contribution in [3.8, 4) is 0 Å². The van der Waals surface area contributed by atoms with Gasteiger partial charge >= 0.3 is 0 Å². The number of benzene rings is 1. The van der Waals surface area contributed by atoms with Gasteiger partial charge in [-0.2, -0.15) is 4.98 Å². The highest BCUT2D eigenvalue weighted by Gasteiger charge is 2.28. The fourth-order valence-electron chi connectivity index (χ4n) is 2.29. The van der Waals surface area contributed by atoms with Crippen LogP contribution in [-0.2, 0) is 0 Å². The van der Waals surface area contributed by atoms with E-state index in [1.165, 1.54) is 0 Å². The van der Waals surface area contributed by atoms with Gasteiger partial charge in [-0.05, 0) is 30.9 Å². The molecule has 0 bridgehead atoms. The Balaban J connectivity index is 1.74. The first-order chi connectivity index (χ1) is 8.22. The van der Waals surface area contributed by atoms with Gasteiger partial charge in [0, 0.05) is 19.0 Å². The molecule has 0 N–H and O–H groups in total. The molecule has 3 rings (SSSR count). The minimum atomic E-state index is 0.372. The van der Waals surface area contributed by atoms with Crippen molar-refractivity contribution in [3.05, 3.63) is 24.3 Å². The molecule has 0 amide bonds. The maximum Gasteiger partial charge on any atom is 0.298 e. The number of alkyl halides is 1. The average Bonchev–Trinajstić information content (AvgIpc) is 2.70. The van der Waals surface area contributed by atoms with E-state index in [0.29, 0.717) is 17.3 Å². The van der Waals surface area contributed by atoms with Crippen LogP contribution in [0, 0.1) is 5.92 Å². The Labute approximate surface area is 105 Å². The van der Waals surface area contributed by atoms with E-state index in [1.807, 2.05) is 31.3 Å². The Hall–Kier alpha value is -1.22. The van der Waals surface area contributed by atoms with E-state index in [2.05, 4.69) is 9.88 Å².